The molecule has 1 aliphatic heterocycles. The van der Waals surface area contributed by atoms with E-state index in [4.69, 9.17) is 9.84 Å². The predicted molar refractivity (Wildman–Crippen MR) is 65.8 cm³/mol. The average Bonchev–Trinajstić information content (AvgIpc) is 2.38. The third kappa shape index (κ3) is 4.25. The van der Waals surface area contributed by atoms with Crippen molar-refractivity contribution in [3.05, 3.63) is 24.3 Å². The molecule has 0 aromatic heterocycles. The van der Waals surface area contributed by atoms with E-state index in [0.29, 0.717) is 0 Å². The van der Waals surface area contributed by atoms with E-state index in [9.17, 15) is 9.90 Å². The molecule has 0 aromatic rings. The maximum absolute atomic E-state index is 10.9. The van der Waals surface area contributed by atoms with Crippen LogP contribution in [0.4, 0.5) is 0 Å². The van der Waals surface area contributed by atoms with Crippen molar-refractivity contribution in [2.24, 2.45) is 5.92 Å². The van der Waals surface area contributed by atoms with Crippen LogP contribution >= 0.6 is 0 Å². The predicted octanol–water partition coefficient (Wildman–Crippen LogP) is 0.419. The van der Waals surface area contributed by atoms with E-state index in [1.54, 1.807) is 18.2 Å². The quantitative estimate of drug-likeness (QED) is 0.550. The Hall–Kier alpha value is -1.17. The summed E-state index contributed by atoms with van der Waals surface area (Å²) in [6.07, 6.45) is 5.64. The summed E-state index contributed by atoms with van der Waals surface area (Å²) in [7, 11) is 1.35. The molecule has 2 N–H and O–H groups in total. The van der Waals surface area contributed by atoms with Crippen LogP contribution in [0.5, 0.6) is 0 Å². The zero-order valence-electron chi connectivity index (χ0n) is 10.7. The van der Waals surface area contributed by atoms with Crippen molar-refractivity contribution < 1.29 is 24.5 Å². The summed E-state index contributed by atoms with van der Waals surface area (Å²) < 4.78 is 10.1. The Labute approximate surface area is 107 Å². The monoisotopic (exact) mass is 256 g/mol. The van der Waals surface area contributed by atoms with Gasteiger partial charge in [-0.15, -0.1) is 0 Å². The lowest BCUT2D eigenvalue weighted by atomic mass is 9.99. The number of aliphatic hydroxyl groups is 2. The standard InChI is InChI=1S/C13H20O5/c1-9(4-3-5-13(16)17-2)11-7-6-10(15)12(8-14)18-11/h3-4,6-7,9-12,14-15H,5,8H2,1-2H3/b4-3+/t9-,10+,11+,12-/m1/s1. The fraction of sp³-hybridized carbons (Fsp3) is 0.615. The molecule has 0 unspecified atom stereocenters. The zero-order valence-corrected chi connectivity index (χ0v) is 10.7. The van der Waals surface area contributed by atoms with Crippen molar-refractivity contribution in [3.8, 4) is 0 Å². The van der Waals surface area contributed by atoms with Gasteiger partial charge in [0.15, 0.2) is 0 Å². The highest BCUT2D eigenvalue weighted by Crippen LogP contribution is 2.20. The molecule has 0 saturated heterocycles. The highest BCUT2D eigenvalue weighted by molar-refractivity contribution is 5.70. The largest absolute Gasteiger partial charge is 0.469 e. The molecule has 0 bridgehead atoms. The number of hydrogen-bond donors (Lipinski definition) is 2. The first-order chi connectivity index (χ1) is 8.58. The molecule has 0 aromatic carbocycles. The van der Waals surface area contributed by atoms with Crippen molar-refractivity contribution in [3.63, 3.8) is 0 Å². The van der Waals surface area contributed by atoms with Crippen molar-refractivity contribution in [1.82, 2.24) is 0 Å². The minimum atomic E-state index is -0.766. The van der Waals surface area contributed by atoms with Crippen molar-refractivity contribution in [2.75, 3.05) is 13.7 Å². The molecule has 0 saturated carbocycles. The Bertz CT molecular complexity index is 323. The second-order valence-electron chi connectivity index (χ2n) is 4.26. The number of rotatable bonds is 5. The van der Waals surface area contributed by atoms with Gasteiger partial charge in [0.2, 0.25) is 0 Å². The van der Waals surface area contributed by atoms with Crippen LogP contribution in [0.1, 0.15) is 13.3 Å². The molecule has 4 atom stereocenters. The Balaban J connectivity index is 2.49. The molecule has 1 rings (SSSR count). The summed E-state index contributed by atoms with van der Waals surface area (Å²) in [5.74, 6) is -0.241. The van der Waals surface area contributed by atoms with Crippen LogP contribution in [0, 0.1) is 5.92 Å². The van der Waals surface area contributed by atoms with Gasteiger partial charge in [0.05, 0.1) is 26.2 Å². The van der Waals surface area contributed by atoms with E-state index >= 15 is 0 Å². The van der Waals surface area contributed by atoms with Crippen molar-refractivity contribution in [2.45, 2.75) is 31.7 Å². The molecule has 0 aliphatic carbocycles. The van der Waals surface area contributed by atoms with E-state index in [2.05, 4.69) is 4.74 Å². The summed E-state index contributed by atoms with van der Waals surface area (Å²) in [5, 5.41) is 18.5. The smallest absolute Gasteiger partial charge is 0.309 e. The van der Waals surface area contributed by atoms with E-state index in [1.165, 1.54) is 7.11 Å². The maximum atomic E-state index is 10.9. The minimum absolute atomic E-state index is 0.0486. The van der Waals surface area contributed by atoms with Crippen molar-refractivity contribution in [1.29, 1.82) is 0 Å². The number of methoxy groups -OCH3 is 1. The van der Waals surface area contributed by atoms with Crippen LogP contribution < -0.4 is 0 Å². The van der Waals surface area contributed by atoms with Crippen LogP contribution in [-0.4, -0.2) is 48.2 Å². The molecule has 1 aliphatic rings. The number of ether oxygens (including phenoxy) is 2. The second kappa shape index (κ2) is 7.31. The third-order valence-electron chi connectivity index (χ3n) is 2.86. The number of esters is 1. The van der Waals surface area contributed by atoms with Gasteiger partial charge >= 0.3 is 5.97 Å². The van der Waals surface area contributed by atoms with E-state index in [0.717, 1.165) is 0 Å². The molecular weight excluding hydrogens is 236 g/mol. The van der Waals surface area contributed by atoms with Gasteiger partial charge in [-0.1, -0.05) is 31.2 Å². The lowest BCUT2D eigenvalue weighted by Gasteiger charge is -2.30. The highest BCUT2D eigenvalue weighted by Gasteiger charge is 2.27. The Morgan fingerprint density at radius 2 is 2.28 bits per heavy atom. The Morgan fingerprint density at radius 3 is 2.89 bits per heavy atom. The molecule has 5 heteroatoms. The third-order valence-corrected chi connectivity index (χ3v) is 2.86. The van der Waals surface area contributed by atoms with Gasteiger partial charge in [-0.25, -0.2) is 0 Å². The van der Waals surface area contributed by atoms with Crippen LogP contribution in [-0.2, 0) is 14.3 Å². The summed E-state index contributed by atoms with van der Waals surface area (Å²) >= 11 is 0. The average molecular weight is 256 g/mol. The normalized spacial score (nSPS) is 29.4. The molecule has 18 heavy (non-hydrogen) atoms. The summed E-state index contributed by atoms with van der Waals surface area (Å²) in [6.45, 7) is 1.72. The maximum Gasteiger partial charge on any atom is 0.309 e. The number of carbonyl (C=O) groups is 1. The van der Waals surface area contributed by atoms with Gasteiger partial charge in [-0.3, -0.25) is 4.79 Å². The van der Waals surface area contributed by atoms with Crippen LogP contribution in [0.25, 0.3) is 0 Å². The summed E-state index contributed by atoms with van der Waals surface area (Å²) in [6, 6.07) is 0. The second-order valence-corrected chi connectivity index (χ2v) is 4.26. The van der Waals surface area contributed by atoms with Crippen LogP contribution in [0.15, 0.2) is 24.3 Å². The van der Waals surface area contributed by atoms with Gasteiger partial charge in [0.1, 0.15) is 12.2 Å². The van der Waals surface area contributed by atoms with E-state index in [-0.39, 0.29) is 31.0 Å². The topological polar surface area (TPSA) is 76.0 Å². The molecule has 5 nitrogen and oxygen atoms in total. The van der Waals surface area contributed by atoms with Gasteiger partial charge in [-0.2, -0.15) is 0 Å². The molecule has 1 heterocycles. The zero-order chi connectivity index (χ0) is 13.5. The lowest BCUT2D eigenvalue weighted by molar-refractivity contribution is -0.139. The van der Waals surface area contributed by atoms with E-state index in [1.807, 2.05) is 13.0 Å². The fourth-order valence-electron chi connectivity index (χ4n) is 1.70. The SMILES string of the molecule is COC(=O)C/C=C/[C@@H](C)[C@@H]1C=C[C@H](O)[C@@H](CO)O1. The summed E-state index contributed by atoms with van der Waals surface area (Å²) in [5.41, 5.74) is 0. The first-order valence-electron chi connectivity index (χ1n) is 5.94. The van der Waals surface area contributed by atoms with Gasteiger partial charge in [0, 0.05) is 5.92 Å². The molecule has 0 amide bonds. The Kier molecular flexibility index (Phi) is 6.04. The highest BCUT2D eigenvalue weighted by atomic mass is 16.5. The van der Waals surface area contributed by atoms with Gasteiger partial charge in [0.25, 0.3) is 0 Å². The minimum Gasteiger partial charge on any atom is -0.469 e. The molecule has 0 fully saturated rings. The first kappa shape index (κ1) is 14.9. The molecule has 102 valence electrons. The molecular formula is C13H20O5. The van der Waals surface area contributed by atoms with Crippen LogP contribution in [0.2, 0.25) is 0 Å². The fourth-order valence-corrected chi connectivity index (χ4v) is 1.70. The van der Waals surface area contributed by atoms with E-state index < -0.39 is 12.2 Å². The van der Waals surface area contributed by atoms with Gasteiger partial charge in [-0.05, 0) is 0 Å². The van der Waals surface area contributed by atoms with Gasteiger partial charge < -0.3 is 19.7 Å². The number of carbonyl (C=O) groups excluding carboxylic acids is 1. The van der Waals surface area contributed by atoms with Crippen molar-refractivity contribution >= 4 is 5.97 Å². The summed E-state index contributed by atoms with van der Waals surface area (Å²) in [4.78, 5) is 10.9. The number of aliphatic hydroxyl groups excluding tert-OH is 2. The number of hydrogen-bond acceptors (Lipinski definition) is 5. The van der Waals surface area contributed by atoms with Crippen LogP contribution in [0.3, 0.4) is 0 Å². The Morgan fingerprint density at radius 1 is 1.56 bits per heavy atom. The molecule has 0 spiro atoms. The lowest BCUT2D eigenvalue weighted by Crippen LogP contribution is -2.39. The first-order valence-corrected chi connectivity index (χ1v) is 5.94. The molecule has 0 radical (unpaired) electrons.